The fraction of sp³-hybridized carbons (Fsp3) is 0.366. The number of amides is 3. The molecule has 0 unspecified atom stereocenters. The maximum atomic E-state index is 15.3. The molecule has 2 fully saturated rings. The van der Waals surface area contributed by atoms with Crippen LogP contribution in [0.3, 0.4) is 0 Å². The Morgan fingerprint density at radius 3 is 2.37 bits per heavy atom. The highest BCUT2D eigenvalue weighted by Gasteiger charge is 2.75. The van der Waals surface area contributed by atoms with Crippen molar-refractivity contribution in [1.82, 2.24) is 10.2 Å². The normalized spacial score (nSPS) is 29.7. The fourth-order valence-corrected chi connectivity index (χ4v) is 9.24. The van der Waals surface area contributed by atoms with E-state index in [0.29, 0.717) is 27.2 Å². The van der Waals surface area contributed by atoms with E-state index in [1.165, 1.54) is 16.9 Å². The zero-order valence-corrected chi connectivity index (χ0v) is 31.9. The summed E-state index contributed by atoms with van der Waals surface area (Å²) in [5, 5.41) is 14.3. The van der Waals surface area contributed by atoms with Gasteiger partial charge in [-0.25, -0.2) is 0 Å². The largest absolute Gasteiger partial charge is 0.455 e. The second kappa shape index (κ2) is 16.2. The van der Waals surface area contributed by atoms with Gasteiger partial charge in [-0.2, -0.15) is 0 Å². The van der Waals surface area contributed by atoms with Crippen LogP contribution >= 0.6 is 27.5 Å². The molecular formula is C41H41BrClN3O8. The summed E-state index contributed by atoms with van der Waals surface area (Å²) in [6.07, 6.45) is 4.09. The Hall–Kier alpha value is -4.33. The van der Waals surface area contributed by atoms with Gasteiger partial charge in [-0.1, -0.05) is 112 Å². The summed E-state index contributed by atoms with van der Waals surface area (Å²) in [6.45, 7) is -0.380. The molecule has 3 aromatic carbocycles. The number of para-hydroxylation sites is 1. The van der Waals surface area contributed by atoms with Crippen molar-refractivity contribution in [3.63, 3.8) is 0 Å². The Morgan fingerprint density at radius 2 is 1.67 bits per heavy atom. The smallest absolute Gasteiger partial charge is 0.313 e. The van der Waals surface area contributed by atoms with Crippen LogP contribution in [0.25, 0.3) is 0 Å². The van der Waals surface area contributed by atoms with Crippen LogP contribution in [-0.2, 0) is 39.8 Å². The molecule has 2 saturated heterocycles. The van der Waals surface area contributed by atoms with Crippen LogP contribution in [0.4, 0.5) is 5.69 Å². The van der Waals surface area contributed by atoms with E-state index in [9.17, 15) is 14.7 Å². The van der Waals surface area contributed by atoms with Gasteiger partial charge in [0.15, 0.2) is 0 Å². The van der Waals surface area contributed by atoms with E-state index in [2.05, 4.69) is 21.2 Å². The molecule has 11 nitrogen and oxygen atoms in total. The number of nitrogens with zero attached hydrogens (tertiary/aromatic N) is 2. The van der Waals surface area contributed by atoms with Crippen molar-refractivity contribution in [3.8, 4) is 0 Å². The SMILES string of the molecule is COC[C@H]1NC(=O)CC/C=C\CN(c2ccccc2Cl)C(=O)[C@@H]2N([C@@H](CO)Cc3ccccc3)C(=O)[C@H]3[C@H](C(=O)O[C@@H]1c1ccccc1)[C@H]1O[C@@]23C=C1Br. The molecule has 3 aromatic rings. The lowest BCUT2D eigenvalue weighted by molar-refractivity contribution is -0.162. The highest BCUT2D eigenvalue weighted by atomic mass is 79.9. The van der Waals surface area contributed by atoms with E-state index in [0.717, 1.165) is 5.56 Å². The van der Waals surface area contributed by atoms with Crippen molar-refractivity contribution in [1.29, 1.82) is 0 Å². The number of methoxy groups -OCH3 is 1. The Kier molecular flexibility index (Phi) is 11.4. The molecule has 8 atom stereocenters. The van der Waals surface area contributed by atoms with E-state index in [-0.39, 0.29) is 31.9 Å². The molecule has 4 aliphatic heterocycles. The Morgan fingerprint density at radius 1 is 0.963 bits per heavy atom. The summed E-state index contributed by atoms with van der Waals surface area (Å²) < 4.78 is 19.1. The standard InChI is InChI=1S/C41H41BrClN3O8/c1-52-24-30-35(26-15-7-3-8-16-26)53-40(51)33-34-38(49)46(27(23-47)21-25-13-5-2-6-14-25)37(41(34)22-28(42)36(33)54-41)39(50)45(31-18-11-10-17-29(31)43)20-12-4-9-19-32(48)44-30/h2-8,10-18,22,27,30,33-37,47H,9,19-21,23-24H2,1H3,(H,44,48)/b12-4-/t27-,30-,33+,34-,35-,36+,37+,41-/m1/s1. The zero-order chi connectivity index (χ0) is 38.0. The first kappa shape index (κ1) is 38.0. The number of carbonyl (C=O) groups excluding carboxylic acids is 4. The number of hydrogen-bond acceptors (Lipinski definition) is 8. The van der Waals surface area contributed by atoms with Crippen LogP contribution in [0.1, 0.15) is 30.1 Å². The lowest BCUT2D eigenvalue weighted by Crippen LogP contribution is -2.59. The second-order valence-electron chi connectivity index (χ2n) is 13.9. The number of fused-ring (bicyclic) bond motifs is 2. The van der Waals surface area contributed by atoms with Gasteiger partial charge in [0.05, 0.1) is 41.9 Å². The molecule has 4 aliphatic rings. The van der Waals surface area contributed by atoms with E-state index < -0.39 is 72.2 Å². The predicted molar refractivity (Wildman–Crippen MR) is 205 cm³/mol. The number of aliphatic hydroxyl groups excluding tert-OH is 1. The first-order chi connectivity index (χ1) is 26.2. The van der Waals surface area contributed by atoms with Gasteiger partial charge in [0, 0.05) is 24.6 Å². The molecule has 4 heterocycles. The minimum atomic E-state index is -1.61. The molecule has 0 radical (unpaired) electrons. The van der Waals surface area contributed by atoms with Gasteiger partial charge in [0.2, 0.25) is 11.8 Å². The zero-order valence-electron chi connectivity index (χ0n) is 29.6. The number of halogens is 2. The quantitative estimate of drug-likeness (QED) is 0.242. The van der Waals surface area contributed by atoms with E-state index in [1.54, 1.807) is 60.7 Å². The number of cyclic esters (lactones) is 1. The third-order valence-corrected chi connectivity index (χ3v) is 11.6. The number of likely N-dealkylation sites (tertiary alicyclic amines) is 1. The third kappa shape index (κ3) is 7.01. The second-order valence-corrected chi connectivity index (χ2v) is 15.2. The van der Waals surface area contributed by atoms with Crippen LogP contribution in [0.5, 0.6) is 0 Å². The van der Waals surface area contributed by atoms with E-state index in [4.69, 9.17) is 25.8 Å². The van der Waals surface area contributed by atoms with Crippen LogP contribution in [0.15, 0.2) is 108 Å². The summed E-state index contributed by atoms with van der Waals surface area (Å²) in [6, 6.07) is 22.4. The molecule has 0 saturated carbocycles. The number of rotatable bonds is 8. The summed E-state index contributed by atoms with van der Waals surface area (Å²) in [5.74, 6) is -4.40. The molecular weight excluding hydrogens is 778 g/mol. The summed E-state index contributed by atoms with van der Waals surface area (Å²) in [7, 11) is 1.50. The number of aliphatic hydroxyl groups is 1. The van der Waals surface area contributed by atoms with Crippen LogP contribution in [0.2, 0.25) is 5.02 Å². The molecule has 13 heteroatoms. The predicted octanol–water partition coefficient (Wildman–Crippen LogP) is 4.92. The molecule has 282 valence electrons. The Bertz CT molecular complexity index is 1950. The molecule has 3 amide bonds. The summed E-state index contributed by atoms with van der Waals surface area (Å²) >= 11 is 10.3. The number of allylic oxidation sites excluding steroid dienone is 1. The topological polar surface area (TPSA) is 135 Å². The van der Waals surface area contributed by atoms with Gasteiger partial charge < -0.3 is 34.4 Å². The molecule has 0 aromatic heterocycles. The van der Waals surface area contributed by atoms with Crippen LogP contribution < -0.4 is 10.2 Å². The van der Waals surface area contributed by atoms with Crippen molar-refractivity contribution < 1.29 is 38.5 Å². The number of ether oxygens (including phenoxy) is 3. The minimum absolute atomic E-state index is 0.0315. The summed E-state index contributed by atoms with van der Waals surface area (Å²) in [4.78, 5) is 61.3. The van der Waals surface area contributed by atoms with Crippen molar-refractivity contribution >= 4 is 56.9 Å². The molecule has 7 rings (SSSR count). The van der Waals surface area contributed by atoms with Gasteiger partial charge in [-0.3, -0.25) is 19.2 Å². The lowest BCUT2D eigenvalue weighted by Gasteiger charge is -2.39. The van der Waals surface area contributed by atoms with Crippen molar-refractivity contribution in [2.75, 3.05) is 31.8 Å². The Labute approximate surface area is 327 Å². The van der Waals surface area contributed by atoms with E-state index in [1.807, 2.05) is 42.5 Å². The van der Waals surface area contributed by atoms with Gasteiger partial charge in [0.1, 0.15) is 29.8 Å². The van der Waals surface area contributed by atoms with Crippen LogP contribution in [-0.4, -0.2) is 90.4 Å². The maximum Gasteiger partial charge on any atom is 0.313 e. The maximum absolute atomic E-state index is 15.3. The molecule has 2 N–H and O–H groups in total. The number of hydrogen-bond donors (Lipinski definition) is 2. The lowest BCUT2D eigenvalue weighted by atomic mass is 9.74. The van der Waals surface area contributed by atoms with Gasteiger partial charge in [0.25, 0.3) is 5.91 Å². The van der Waals surface area contributed by atoms with E-state index >= 15 is 9.59 Å². The Balaban J connectivity index is 1.38. The minimum Gasteiger partial charge on any atom is -0.455 e. The average molecular weight is 819 g/mol. The fourth-order valence-electron chi connectivity index (χ4n) is 8.27. The van der Waals surface area contributed by atoms with Crippen molar-refractivity contribution in [2.24, 2.45) is 11.8 Å². The number of benzene rings is 3. The van der Waals surface area contributed by atoms with Gasteiger partial charge in [-0.15, -0.1) is 0 Å². The number of anilines is 1. The third-order valence-electron chi connectivity index (χ3n) is 10.6. The molecule has 0 aliphatic carbocycles. The number of esters is 1. The van der Waals surface area contributed by atoms with Gasteiger partial charge >= 0.3 is 5.97 Å². The first-order valence-electron chi connectivity index (χ1n) is 18.0. The number of nitrogens with one attached hydrogen (secondary N) is 1. The van der Waals surface area contributed by atoms with Crippen molar-refractivity contribution in [2.45, 2.75) is 55.2 Å². The monoisotopic (exact) mass is 817 g/mol. The van der Waals surface area contributed by atoms with Crippen molar-refractivity contribution in [3.05, 3.63) is 124 Å². The highest BCUT2D eigenvalue weighted by molar-refractivity contribution is 9.11. The summed E-state index contributed by atoms with van der Waals surface area (Å²) in [5.41, 5.74) is 0.260. The van der Waals surface area contributed by atoms with Crippen LogP contribution in [0, 0.1) is 11.8 Å². The molecule has 1 spiro atoms. The first-order valence-corrected chi connectivity index (χ1v) is 19.1. The highest BCUT2D eigenvalue weighted by Crippen LogP contribution is 2.59. The average Bonchev–Trinajstić information content (AvgIpc) is 3.78. The molecule has 54 heavy (non-hydrogen) atoms. The van der Waals surface area contributed by atoms with Gasteiger partial charge in [-0.05, 0) is 42.2 Å². The molecule has 5 bridgehead atoms. The number of carbonyl (C=O) groups is 4.